The average molecular weight is 213 g/mol. The van der Waals surface area contributed by atoms with Crippen LogP contribution in [-0.2, 0) is 4.74 Å². The van der Waals surface area contributed by atoms with Gasteiger partial charge in [-0.1, -0.05) is 0 Å². The predicted octanol–water partition coefficient (Wildman–Crippen LogP) is 0.631. The van der Waals surface area contributed by atoms with Crippen LogP contribution in [0.2, 0.25) is 0 Å². The second-order valence-electron chi connectivity index (χ2n) is 3.43. The van der Waals surface area contributed by atoms with Gasteiger partial charge in [0.25, 0.3) is 0 Å². The highest BCUT2D eigenvalue weighted by molar-refractivity contribution is 5.36. The summed E-state index contributed by atoms with van der Waals surface area (Å²) in [6.07, 6.45) is 1.19. The van der Waals surface area contributed by atoms with Crippen LogP contribution in [0.25, 0.3) is 0 Å². The molecule has 1 aromatic heterocycles. The molecule has 0 aliphatic carbocycles. The third kappa shape index (κ3) is 3.81. The fourth-order valence-corrected chi connectivity index (χ4v) is 1.31. The maximum atomic E-state index is 12.6. The summed E-state index contributed by atoms with van der Waals surface area (Å²) in [5, 5.41) is 0. The Morgan fingerprint density at radius 3 is 2.87 bits per heavy atom. The van der Waals surface area contributed by atoms with Gasteiger partial charge in [-0.25, -0.2) is 9.37 Å². The number of nitrogens with two attached hydrogens (primary N) is 1. The molecule has 1 atom stereocenters. The topological polar surface area (TPSA) is 51.4 Å². The van der Waals surface area contributed by atoms with Crippen LogP contribution in [0.4, 0.5) is 10.2 Å². The van der Waals surface area contributed by atoms with Crippen LogP contribution in [-0.4, -0.2) is 38.3 Å². The molecule has 2 N–H and O–H groups in total. The van der Waals surface area contributed by atoms with Gasteiger partial charge in [0.1, 0.15) is 11.6 Å². The maximum absolute atomic E-state index is 12.6. The summed E-state index contributed by atoms with van der Waals surface area (Å²) in [4.78, 5) is 5.81. The number of hydrogen-bond donors (Lipinski definition) is 1. The number of nitrogens with zero attached hydrogens (tertiary/aromatic N) is 2. The van der Waals surface area contributed by atoms with E-state index >= 15 is 0 Å². The Morgan fingerprint density at radius 1 is 1.60 bits per heavy atom. The first-order valence-corrected chi connectivity index (χ1v) is 4.70. The number of likely N-dealkylation sites (N-methyl/N-ethyl adjacent to an activating group) is 1. The number of anilines is 1. The average Bonchev–Trinajstić information content (AvgIpc) is 2.18. The van der Waals surface area contributed by atoms with Gasteiger partial charge in [0.15, 0.2) is 0 Å². The van der Waals surface area contributed by atoms with E-state index in [1.54, 1.807) is 13.2 Å². The molecule has 4 nitrogen and oxygen atoms in total. The lowest BCUT2D eigenvalue weighted by molar-refractivity contribution is 0.181. The third-order valence-corrected chi connectivity index (χ3v) is 1.99. The molecule has 0 saturated carbocycles. The van der Waals surface area contributed by atoms with E-state index in [1.807, 2.05) is 11.9 Å². The van der Waals surface area contributed by atoms with Crippen LogP contribution in [0, 0.1) is 5.82 Å². The molecule has 0 fully saturated rings. The van der Waals surface area contributed by atoms with Crippen molar-refractivity contribution in [2.45, 2.75) is 6.04 Å². The van der Waals surface area contributed by atoms with Crippen molar-refractivity contribution < 1.29 is 9.13 Å². The molecule has 0 aromatic carbocycles. The number of rotatable bonds is 5. The van der Waals surface area contributed by atoms with Gasteiger partial charge in [-0.2, -0.15) is 0 Å². The lowest BCUT2D eigenvalue weighted by Crippen LogP contribution is -2.38. The lowest BCUT2D eigenvalue weighted by atomic mass is 10.3. The van der Waals surface area contributed by atoms with Crippen LogP contribution < -0.4 is 10.6 Å². The van der Waals surface area contributed by atoms with Crippen LogP contribution in [0.1, 0.15) is 0 Å². The second kappa shape index (κ2) is 5.63. The number of aromatic nitrogens is 1. The summed E-state index contributed by atoms with van der Waals surface area (Å²) < 4.78 is 17.5. The van der Waals surface area contributed by atoms with Gasteiger partial charge in [-0.3, -0.25) is 0 Å². The molecular weight excluding hydrogens is 197 g/mol. The number of ether oxygens (including phenoxy) is 1. The van der Waals surface area contributed by atoms with E-state index in [-0.39, 0.29) is 11.9 Å². The van der Waals surface area contributed by atoms with Gasteiger partial charge in [0, 0.05) is 26.7 Å². The Bertz CT molecular complexity index is 291. The highest BCUT2D eigenvalue weighted by Gasteiger charge is 2.08. The Hall–Kier alpha value is -1.20. The summed E-state index contributed by atoms with van der Waals surface area (Å²) in [7, 11) is 3.46. The van der Waals surface area contributed by atoms with Crippen molar-refractivity contribution in [2.24, 2.45) is 5.73 Å². The fourth-order valence-electron chi connectivity index (χ4n) is 1.31. The van der Waals surface area contributed by atoms with Gasteiger partial charge in [0.05, 0.1) is 12.8 Å². The minimum Gasteiger partial charge on any atom is -0.383 e. The number of pyridine rings is 1. The van der Waals surface area contributed by atoms with Crippen molar-refractivity contribution in [2.75, 3.05) is 32.2 Å². The van der Waals surface area contributed by atoms with Crippen molar-refractivity contribution in [3.05, 3.63) is 24.1 Å². The third-order valence-electron chi connectivity index (χ3n) is 1.99. The molecule has 0 saturated heterocycles. The van der Waals surface area contributed by atoms with Crippen LogP contribution in [0.15, 0.2) is 18.3 Å². The Balaban J connectivity index is 2.53. The van der Waals surface area contributed by atoms with Gasteiger partial charge in [0.2, 0.25) is 0 Å². The Morgan fingerprint density at radius 2 is 2.33 bits per heavy atom. The molecule has 1 unspecified atom stereocenters. The van der Waals surface area contributed by atoms with Gasteiger partial charge < -0.3 is 15.4 Å². The van der Waals surface area contributed by atoms with E-state index in [0.29, 0.717) is 19.0 Å². The van der Waals surface area contributed by atoms with Crippen LogP contribution in [0.5, 0.6) is 0 Å². The monoisotopic (exact) mass is 213 g/mol. The number of halogens is 1. The minimum atomic E-state index is -0.340. The van der Waals surface area contributed by atoms with Gasteiger partial charge in [-0.15, -0.1) is 0 Å². The molecule has 0 spiro atoms. The Labute approximate surface area is 88.9 Å². The molecule has 0 aliphatic rings. The molecule has 0 amide bonds. The van der Waals surface area contributed by atoms with E-state index in [0.717, 1.165) is 0 Å². The Kier molecular flexibility index (Phi) is 4.45. The quantitative estimate of drug-likeness (QED) is 0.779. The zero-order chi connectivity index (χ0) is 11.3. The summed E-state index contributed by atoms with van der Waals surface area (Å²) in [6, 6.07) is 2.92. The van der Waals surface area contributed by atoms with Crippen molar-refractivity contribution in [3.63, 3.8) is 0 Å². The van der Waals surface area contributed by atoms with Gasteiger partial charge >= 0.3 is 0 Å². The van der Waals surface area contributed by atoms with E-state index in [1.165, 1.54) is 12.3 Å². The van der Waals surface area contributed by atoms with Crippen LogP contribution >= 0.6 is 0 Å². The van der Waals surface area contributed by atoms with Crippen molar-refractivity contribution in [1.29, 1.82) is 0 Å². The van der Waals surface area contributed by atoms with Crippen LogP contribution in [0.3, 0.4) is 0 Å². The molecule has 0 bridgehead atoms. The standard InChI is InChI=1S/C10H16FN3O/c1-14(6-9(12)7-15-2)10-4-3-8(11)5-13-10/h3-5,9H,6-7,12H2,1-2H3. The molecule has 1 heterocycles. The lowest BCUT2D eigenvalue weighted by Gasteiger charge is -2.21. The van der Waals surface area contributed by atoms with E-state index in [9.17, 15) is 4.39 Å². The molecule has 15 heavy (non-hydrogen) atoms. The molecule has 84 valence electrons. The zero-order valence-corrected chi connectivity index (χ0v) is 8.98. The predicted molar refractivity (Wildman–Crippen MR) is 57.3 cm³/mol. The normalized spacial score (nSPS) is 12.5. The molecule has 1 aromatic rings. The smallest absolute Gasteiger partial charge is 0.141 e. The van der Waals surface area contributed by atoms with Crippen molar-refractivity contribution in [1.82, 2.24) is 4.98 Å². The van der Waals surface area contributed by atoms with Gasteiger partial charge in [-0.05, 0) is 12.1 Å². The molecule has 5 heteroatoms. The highest BCUT2D eigenvalue weighted by Crippen LogP contribution is 2.08. The first-order chi connectivity index (χ1) is 7.13. The fraction of sp³-hybridized carbons (Fsp3) is 0.500. The highest BCUT2D eigenvalue weighted by atomic mass is 19.1. The largest absolute Gasteiger partial charge is 0.383 e. The summed E-state index contributed by atoms with van der Waals surface area (Å²) >= 11 is 0. The zero-order valence-electron chi connectivity index (χ0n) is 8.98. The number of methoxy groups -OCH3 is 1. The van der Waals surface area contributed by atoms with E-state index < -0.39 is 0 Å². The summed E-state index contributed by atoms with van der Waals surface area (Å²) in [6.45, 7) is 1.11. The van der Waals surface area contributed by atoms with Crippen molar-refractivity contribution in [3.8, 4) is 0 Å². The summed E-state index contributed by atoms with van der Waals surface area (Å²) in [5.74, 6) is 0.358. The summed E-state index contributed by atoms with van der Waals surface area (Å²) in [5.41, 5.74) is 5.78. The minimum absolute atomic E-state index is 0.0770. The maximum Gasteiger partial charge on any atom is 0.141 e. The number of hydrogen-bond acceptors (Lipinski definition) is 4. The van der Waals surface area contributed by atoms with E-state index in [4.69, 9.17) is 10.5 Å². The molecule has 0 aliphatic heterocycles. The van der Waals surface area contributed by atoms with E-state index in [2.05, 4.69) is 4.98 Å². The molecule has 1 rings (SSSR count). The molecule has 0 radical (unpaired) electrons. The SMILES string of the molecule is COCC(N)CN(C)c1ccc(F)cn1. The second-order valence-corrected chi connectivity index (χ2v) is 3.43. The molecular formula is C10H16FN3O. The first-order valence-electron chi connectivity index (χ1n) is 4.70. The van der Waals surface area contributed by atoms with Crippen molar-refractivity contribution >= 4 is 5.82 Å². The first kappa shape index (κ1) is 11.9.